The molecule has 0 bridgehead atoms. The van der Waals surface area contributed by atoms with Crippen molar-refractivity contribution in [2.75, 3.05) is 0 Å². The molecule has 1 aromatic rings. The van der Waals surface area contributed by atoms with E-state index < -0.39 is 0 Å². The molecule has 0 aliphatic heterocycles. The van der Waals surface area contributed by atoms with Crippen LogP contribution in [0.25, 0.3) is 0 Å². The summed E-state index contributed by atoms with van der Waals surface area (Å²) in [6.07, 6.45) is 6.07. The Bertz CT molecular complexity index is 418. The normalized spacial score (nSPS) is 27.2. The molecule has 0 saturated heterocycles. The Labute approximate surface area is 125 Å². The second-order valence-corrected chi connectivity index (χ2v) is 7.54. The molecule has 2 atom stereocenters. The predicted molar refractivity (Wildman–Crippen MR) is 87.9 cm³/mol. The zero-order chi connectivity index (χ0) is 14.8. The van der Waals surface area contributed by atoms with Crippen molar-refractivity contribution in [3.05, 3.63) is 35.4 Å². The molecule has 112 valence electrons. The molecule has 1 aromatic carbocycles. The summed E-state index contributed by atoms with van der Waals surface area (Å²) < 4.78 is 0. The molecular weight excluding hydrogens is 242 g/mol. The van der Waals surface area contributed by atoms with Gasteiger partial charge in [-0.05, 0) is 48.1 Å². The van der Waals surface area contributed by atoms with E-state index in [1.807, 2.05) is 0 Å². The third kappa shape index (κ3) is 3.85. The quantitative estimate of drug-likeness (QED) is 0.830. The maximum atomic E-state index is 6.72. The van der Waals surface area contributed by atoms with Crippen LogP contribution in [-0.4, -0.2) is 5.54 Å². The van der Waals surface area contributed by atoms with E-state index in [1.54, 1.807) is 0 Å². The van der Waals surface area contributed by atoms with Crippen molar-refractivity contribution in [3.63, 3.8) is 0 Å². The first-order valence-electron chi connectivity index (χ1n) is 8.27. The molecule has 0 radical (unpaired) electrons. The number of nitrogens with two attached hydrogens (primary N) is 1. The van der Waals surface area contributed by atoms with Crippen LogP contribution in [0.3, 0.4) is 0 Å². The summed E-state index contributed by atoms with van der Waals surface area (Å²) in [6.45, 7) is 9.17. The number of benzene rings is 1. The molecule has 1 heteroatoms. The lowest BCUT2D eigenvalue weighted by Crippen LogP contribution is -2.47. The first kappa shape index (κ1) is 15.6. The van der Waals surface area contributed by atoms with Gasteiger partial charge in [-0.1, -0.05) is 64.8 Å². The lowest BCUT2D eigenvalue weighted by atomic mass is 9.70. The van der Waals surface area contributed by atoms with Crippen molar-refractivity contribution in [1.82, 2.24) is 0 Å². The maximum absolute atomic E-state index is 6.72. The molecule has 0 aromatic heterocycles. The van der Waals surface area contributed by atoms with Crippen molar-refractivity contribution in [2.45, 2.75) is 71.3 Å². The lowest BCUT2D eigenvalue weighted by molar-refractivity contribution is 0.182. The van der Waals surface area contributed by atoms with Gasteiger partial charge in [0.1, 0.15) is 0 Å². The Balaban J connectivity index is 2.04. The van der Waals surface area contributed by atoms with Gasteiger partial charge in [-0.3, -0.25) is 0 Å². The molecule has 2 rings (SSSR count). The van der Waals surface area contributed by atoms with Crippen LogP contribution in [0.4, 0.5) is 0 Å². The summed E-state index contributed by atoms with van der Waals surface area (Å²) in [5, 5.41) is 0. The molecule has 0 heterocycles. The molecular formula is C19H31N. The summed E-state index contributed by atoms with van der Waals surface area (Å²) in [5.41, 5.74) is 9.56. The van der Waals surface area contributed by atoms with E-state index in [1.165, 1.54) is 36.8 Å². The fourth-order valence-corrected chi connectivity index (χ4v) is 3.60. The van der Waals surface area contributed by atoms with E-state index in [-0.39, 0.29) is 5.54 Å². The van der Waals surface area contributed by atoms with Crippen LogP contribution in [0.5, 0.6) is 0 Å². The first-order chi connectivity index (χ1) is 9.39. The topological polar surface area (TPSA) is 26.0 Å². The summed E-state index contributed by atoms with van der Waals surface area (Å²) in [7, 11) is 0. The fourth-order valence-electron chi connectivity index (χ4n) is 3.60. The van der Waals surface area contributed by atoms with E-state index in [4.69, 9.17) is 5.73 Å². The van der Waals surface area contributed by atoms with E-state index in [9.17, 15) is 0 Å². The summed E-state index contributed by atoms with van der Waals surface area (Å²) in [5.74, 6) is 2.18. The molecule has 1 aliphatic carbocycles. The van der Waals surface area contributed by atoms with Gasteiger partial charge < -0.3 is 5.73 Å². The van der Waals surface area contributed by atoms with Crippen LogP contribution in [-0.2, 0) is 6.42 Å². The van der Waals surface area contributed by atoms with E-state index in [2.05, 4.69) is 52.0 Å². The average molecular weight is 273 g/mol. The summed E-state index contributed by atoms with van der Waals surface area (Å²) >= 11 is 0. The van der Waals surface area contributed by atoms with Gasteiger partial charge in [-0.15, -0.1) is 0 Å². The van der Waals surface area contributed by atoms with E-state index >= 15 is 0 Å². The zero-order valence-electron chi connectivity index (χ0n) is 13.7. The van der Waals surface area contributed by atoms with Gasteiger partial charge in [-0.25, -0.2) is 0 Å². The van der Waals surface area contributed by atoms with Gasteiger partial charge in [0.05, 0.1) is 0 Å². The van der Waals surface area contributed by atoms with Crippen molar-refractivity contribution in [3.8, 4) is 0 Å². The summed E-state index contributed by atoms with van der Waals surface area (Å²) in [4.78, 5) is 0. The SMILES string of the molecule is CC(C)c1ccc(CC2(N)CCCC(C(C)C)C2)cc1. The Morgan fingerprint density at radius 3 is 2.35 bits per heavy atom. The van der Waals surface area contributed by atoms with Gasteiger partial charge in [0.2, 0.25) is 0 Å². The van der Waals surface area contributed by atoms with E-state index in [0.29, 0.717) is 5.92 Å². The highest BCUT2D eigenvalue weighted by molar-refractivity contribution is 5.26. The Hall–Kier alpha value is -0.820. The van der Waals surface area contributed by atoms with Gasteiger partial charge in [-0.2, -0.15) is 0 Å². The Morgan fingerprint density at radius 2 is 1.80 bits per heavy atom. The second-order valence-electron chi connectivity index (χ2n) is 7.54. The lowest BCUT2D eigenvalue weighted by Gasteiger charge is -2.40. The highest BCUT2D eigenvalue weighted by atomic mass is 14.7. The summed E-state index contributed by atoms with van der Waals surface area (Å²) in [6, 6.07) is 9.10. The van der Waals surface area contributed by atoms with Crippen molar-refractivity contribution in [2.24, 2.45) is 17.6 Å². The van der Waals surface area contributed by atoms with Gasteiger partial charge >= 0.3 is 0 Å². The molecule has 1 aliphatic rings. The molecule has 2 N–H and O–H groups in total. The van der Waals surface area contributed by atoms with Crippen LogP contribution in [0.15, 0.2) is 24.3 Å². The van der Waals surface area contributed by atoms with E-state index in [0.717, 1.165) is 18.3 Å². The smallest absolute Gasteiger partial charge is 0.0197 e. The average Bonchev–Trinajstić information content (AvgIpc) is 2.38. The zero-order valence-corrected chi connectivity index (χ0v) is 13.7. The minimum atomic E-state index is 0.0204. The van der Waals surface area contributed by atoms with Gasteiger partial charge in [0.15, 0.2) is 0 Å². The highest BCUT2D eigenvalue weighted by Crippen LogP contribution is 2.36. The minimum Gasteiger partial charge on any atom is -0.325 e. The third-order valence-corrected chi connectivity index (χ3v) is 5.06. The predicted octanol–water partition coefficient (Wildman–Crippen LogP) is 4.90. The maximum Gasteiger partial charge on any atom is 0.0197 e. The van der Waals surface area contributed by atoms with Crippen molar-refractivity contribution >= 4 is 0 Å². The van der Waals surface area contributed by atoms with Crippen LogP contribution in [0.1, 0.15) is 70.4 Å². The molecule has 0 amide bonds. The molecule has 1 saturated carbocycles. The minimum absolute atomic E-state index is 0.0204. The van der Waals surface area contributed by atoms with Gasteiger partial charge in [0, 0.05) is 5.54 Å². The Morgan fingerprint density at radius 1 is 1.15 bits per heavy atom. The fraction of sp³-hybridized carbons (Fsp3) is 0.684. The molecule has 1 fully saturated rings. The van der Waals surface area contributed by atoms with Crippen LogP contribution in [0.2, 0.25) is 0 Å². The molecule has 2 unspecified atom stereocenters. The highest BCUT2D eigenvalue weighted by Gasteiger charge is 2.33. The van der Waals surface area contributed by atoms with Crippen molar-refractivity contribution in [1.29, 1.82) is 0 Å². The van der Waals surface area contributed by atoms with Crippen LogP contribution < -0.4 is 5.73 Å². The number of rotatable bonds is 4. The monoisotopic (exact) mass is 273 g/mol. The molecule has 20 heavy (non-hydrogen) atoms. The van der Waals surface area contributed by atoms with Crippen LogP contribution >= 0.6 is 0 Å². The largest absolute Gasteiger partial charge is 0.325 e. The molecule has 1 nitrogen and oxygen atoms in total. The molecule has 0 spiro atoms. The number of hydrogen-bond donors (Lipinski definition) is 1. The Kier molecular flexibility index (Phi) is 4.90. The first-order valence-corrected chi connectivity index (χ1v) is 8.27. The standard InChI is InChI=1S/C19H31N/c1-14(2)17-9-7-16(8-10-17)12-19(20)11-5-6-18(13-19)15(3)4/h7-10,14-15,18H,5-6,11-13,20H2,1-4H3. The van der Waals surface area contributed by atoms with Crippen LogP contribution in [0, 0.1) is 11.8 Å². The van der Waals surface area contributed by atoms with Crippen molar-refractivity contribution < 1.29 is 0 Å². The van der Waals surface area contributed by atoms with Gasteiger partial charge in [0.25, 0.3) is 0 Å². The third-order valence-electron chi connectivity index (χ3n) is 5.06. The number of hydrogen-bond acceptors (Lipinski definition) is 1. The second kappa shape index (κ2) is 6.30.